The van der Waals surface area contributed by atoms with Gasteiger partial charge in [0.25, 0.3) is 5.91 Å². The van der Waals surface area contributed by atoms with Crippen molar-refractivity contribution >= 4 is 17.5 Å². The van der Waals surface area contributed by atoms with Gasteiger partial charge in [0.2, 0.25) is 5.91 Å². The zero-order chi connectivity index (χ0) is 24.0. The third kappa shape index (κ3) is 4.70. The first kappa shape index (κ1) is 23.5. The van der Waals surface area contributed by atoms with Crippen LogP contribution in [-0.4, -0.2) is 60.0 Å². The summed E-state index contributed by atoms with van der Waals surface area (Å²) in [4.78, 5) is 34.0. The van der Waals surface area contributed by atoms with E-state index in [4.69, 9.17) is 0 Å². The average Bonchev–Trinajstić information content (AvgIpc) is 3.20. The second-order valence-electron chi connectivity index (χ2n) is 10.1. The highest BCUT2D eigenvalue weighted by Gasteiger charge is 2.39. The third-order valence-electron chi connectivity index (χ3n) is 6.79. The number of benzene rings is 1. The van der Waals surface area contributed by atoms with Crippen LogP contribution in [0.4, 0.5) is 13.2 Å². The van der Waals surface area contributed by atoms with E-state index in [1.807, 2.05) is 20.8 Å². The fraction of sp³-hybridized carbons (Fsp3) is 0.560. The normalized spacial score (nSPS) is 20.1. The van der Waals surface area contributed by atoms with Crippen molar-refractivity contribution in [3.05, 3.63) is 46.5 Å². The zero-order valence-electron chi connectivity index (χ0n) is 19.3. The molecule has 1 saturated heterocycles. The minimum atomic E-state index is -4.39. The first-order chi connectivity index (χ1) is 15.5. The van der Waals surface area contributed by atoms with Crippen molar-refractivity contribution in [3.63, 3.8) is 0 Å². The average molecular weight is 462 g/mol. The summed E-state index contributed by atoms with van der Waals surface area (Å²) in [6.07, 6.45) is -2.71. The summed E-state index contributed by atoms with van der Waals surface area (Å²) in [7, 11) is 0. The van der Waals surface area contributed by atoms with Crippen molar-refractivity contribution in [1.82, 2.24) is 9.80 Å². The molecule has 1 fully saturated rings. The second kappa shape index (κ2) is 8.61. The molecule has 0 atom stereocenters. The molecule has 0 aliphatic carbocycles. The van der Waals surface area contributed by atoms with Gasteiger partial charge in [0.1, 0.15) is 5.71 Å². The number of carbonyl (C=O) groups is 2. The van der Waals surface area contributed by atoms with Gasteiger partial charge >= 0.3 is 6.18 Å². The SMILES string of the molecule is CC(C)(C)C(=O)N1CCC2=C(C1)C(C(=O)N1CCC(c3ccccc3C(F)(F)F)CC1)=NC2. The Morgan fingerprint density at radius 1 is 1.00 bits per heavy atom. The van der Waals surface area contributed by atoms with E-state index in [0.29, 0.717) is 63.3 Å². The van der Waals surface area contributed by atoms with Crippen LogP contribution in [0.5, 0.6) is 0 Å². The van der Waals surface area contributed by atoms with Crippen LogP contribution in [0.15, 0.2) is 40.4 Å². The Bertz CT molecular complexity index is 1010. The van der Waals surface area contributed by atoms with Crippen molar-refractivity contribution in [2.24, 2.45) is 10.4 Å². The van der Waals surface area contributed by atoms with Crippen molar-refractivity contribution in [2.45, 2.75) is 52.1 Å². The quantitative estimate of drug-likeness (QED) is 0.654. The molecule has 8 heteroatoms. The molecule has 3 aliphatic heterocycles. The summed E-state index contributed by atoms with van der Waals surface area (Å²) in [6.45, 7) is 7.95. The lowest BCUT2D eigenvalue weighted by molar-refractivity contribution is -0.139. The minimum Gasteiger partial charge on any atom is -0.338 e. The highest BCUT2D eigenvalue weighted by molar-refractivity contribution is 6.46. The Balaban J connectivity index is 1.43. The van der Waals surface area contributed by atoms with Gasteiger partial charge in [-0.1, -0.05) is 39.0 Å². The predicted octanol–water partition coefficient (Wildman–Crippen LogP) is 4.44. The molecule has 4 rings (SSSR count). The minimum absolute atomic E-state index is 0.0527. The Kier molecular flexibility index (Phi) is 6.14. The summed E-state index contributed by atoms with van der Waals surface area (Å²) < 4.78 is 40.3. The predicted molar refractivity (Wildman–Crippen MR) is 120 cm³/mol. The number of nitrogens with zero attached hydrogens (tertiary/aromatic N) is 3. The number of aliphatic imine (C=N–C) groups is 1. The molecule has 5 nitrogen and oxygen atoms in total. The molecule has 178 valence electrons. The molecule has 0 N–H and O–H groups in total. The van der Waals surface area contributed by atoms with E-state index in [-0.39, 0.29) is 17.7 Å². The van der Waals surface area contributed by atoms with Gasteiger partial charge in [0, 0.05) is 37.2 Å². The molecule has 3 aliphatic rings. The molecule has 2 amide bonds. The summed E-state index contributed by atoms with van der Waals surface area (Å²) in [6, 6.07) is 5.72. The first-order valence-corrected chi connectivity index (χ1v) is 11.5. The van der Waals surface area contributed by atoms with Crippen LogP contribution < -0.4 is 0 Å². The van der Waals surface area contributed by atoms with Crippen molar-refractivity contribution in [3.8, 4) is 0 Å². The van der Waals surface area contributed by atoms with Crippen LogP contribution in [0.1, 0.15) is 57.1 Å². The van der Waals surface area contributed by atoms with Crippen LogP contribution >= 0.6 is 0 Å². The Morgan fingerprint density at radius 3 is 2.30 bits per heavy atom. The molecule has 0 bridgehead atoms. The number of halogens is 3. The molecule has 33 heavy (non-hydrogen) atoms. The lowest BCUT2D eigenvalue weighted by Gasteiger charge is -2.35. The summed E-state index contributed by atoms with van der Waals surface area (Å²) in [5.41, 5.74) is 1.62. The Morgan fingerprint density at radius 2 is 1.67 bits per heavy atom. The number of alkyl halides is 3. The van der Waals surface area contributed by atoms with Crippen molar-refractivity contribution in [1.29, 1.82) is 0 Å². The molecule has 0 aromatic heterocycles. The van der Waals surface area contributed by atoms with Crippen molar-refractivity contribution < 1.29 is 22.8 Å². The maximum Gasteiger partial charge on any atom is 0.416 e. The fourth-order valence-corrected chi connectivity index (χ4v) is 4.99. The zero-order valence-corrected chi connectivity index (χ0v) is 19.3. The van der Waals surface area contributed by atoms with Crippen LogP contribution in [-0.2, 0) is 15.8 Å². The van der Waals surface area contributed by atoms with Gasteiger partial charge < -0.3 is 9.80 Å². The van der Waals surface area contributed by atoms with Gasteiger partial charge in [-0.05, 0) is 42.4 Å². The molecule has 0 unspecified atom stereocenters. The molecular weight excluding hydrogens is 431 g/mol. The molecule has 0 spiro atoms. The lowest BCUT2D eigenvalue weighted by Crippen LogP contribution is -2.46. The van der Waals surface area contributed by atoms with Gasteiger partial charge in [0.05, 0.1) is 12.1 Å². The largest absolute Gasteiger partial charge is 0.416 e. The van der Waals surface area contributed by atoms with E-state index >= 15 is 0 Å². The highest BCUT2D eigenvalue weighted by atomic mass is 19.4. The van der Waals surface area contributed by atoms with Gasteiger partial charge in [-0.15, -0.1) is 0 Å². The number of rotatable bonds is 2. The van der Waals surface area contributed by atoms with E-state index < -0.39 is 17.2 Å². The monoisotopic (exact) mass is 461 g/mol. The molecule has 1 aromatic carbocycles. The highest BCUT2D eigenvalue weighted by Crippen LogP contribution is 2.39. The van der Waals surface area contributed by atoms with Crippen molar-refractivity contribution in [2.75, 3.05) is 32.7 Å². The van der Waals surface area contributed by atoms with Gasteiger partial charge in [-0.2, -0.15) is 13.2 Å². The molecule has 3 heterocycles. The van der Waals surface area contributed by atoms with E-state index in [1.165, 1.54) is 6.07 Å². The number of likely N-dealkylation sites (tertiary alicyclic amines) is 1. The maximum absolute atomic E-state index is 13.4. The van der Waals surface area contributed by atoms with E-state index in [2.05, 4.69) is 4.99 Å². The van der Waals surface area contributed by atoms with E-state index in [0.717, 1.165) is 17.2 Å². The van der Waals surface area contributed by atoms with Crippen LogP contribution in [0.3, 0.4) is 0 Å². The number of hydrogen-bond acceptors (Lipinski definition) is 3. The van der Waals surface area contributed by atoms with Crippen LogP contribution in [0, 0.1) is 5.41 Å². The third-order valence-corrected chi connectivity index (χ3v) is 6.79. The Hall–Kier alpha value is -2.64. The maximum atomic E-state index is 13.4. The van der Waals surface area contributed by atoms with Crippen LogP contribution in [0.25, 0.3) is 0 Å². The van der Waals surface area contributed by atoms with Gasteiger partial charge in [0.15, 0.2) is 0 Å². The Labute approximate surface area is 192 Å². The molecule has 0 radical (unpaired) electrons. The smallest absolute Gasteiger partial charge is 0.338 e. The molecule has 0 saturated carbocycles. The number of hydrogen-bond donors (Lipinski definition) is 0. The summed E-state index contributed by atoms with van der Waals surface area (Å²) in [5, 5.41) is 0. The molecule has 1 aromatic rings. The summed E-state index contributed by atoms with van der Waals surface area (Å²) in [5.74, 6) is -0.355. The summed E-state index contributed by atoms with van der Waals surface area (Å²) >= 11 is 0. The van der Waals surface area contributed by atoms with E-state index in [9.17, 15) is 22.8 Å². The van der Waals surface area contributed by atoms with E-state index in [1.54, 1.807) is 21.9 Å². The first-order valence-electron chi connectivity index (χ1n) is 11.5. The lowest BCUT2D eigenvalue weighted by atomic mass is 9.86. The van der Waals surface area contributed by atoms with Gasteiger partial charge in [-0.25, -0.2) is 0 Å². The fourth-order valence-electron chi connectivity index (χ4n) is 4.99. The number of amides is 2. The molecular formula is C25H30F3N3O2. The number of piperidine rings is 1. The second-order valence-corrected chi connectivity index (χ2v) is 10.1. The number of carbonyl (C=O) groups excluding carboxylic acids is 2. The standard InChI is InChI=1S/C25H30F3N3O2/c1-24(2,3)23(33)31-13-10-17-14-29-21(19(17)15-31)22(32)30-11-8-16(9-12-30)18-6-4-5-7-20(18)25(26,27)28/h4-7,16H,8-15H2,1-3H3. The van der Waals surface area contributed by atoms with Gasteiger partial charge in [-0.3, -0.25) is 14.6 Å². The van der Waals surface area contributed by atoms with Crippen LogP contribution in [0.2, 0.25) is 0 Å². The topological polar surface area (TPSA) is 53.0 Å².